The van der Waals surface area contributed by atoms with E-state index in [1.807, 2.05) is 0 Å². The number of aromatic carboxylic acids is 1. The van der Waals surface area contributed by atoms with E-state index in [2.05, 4.69) is 6.92 Å². The molecule has 4 nitrogen and oxygen atoms in total. The van der Waals surface area contributed by atoms with Gasteiger partial charge in [-0.25, -0.2) is 4.79 Å². The molecule has 4 heteroatoms. The predicted octanol–water partition coefficient (Wildman–Crippen LogP) is 3.46. The van der Waals surface area contributed by atoms with Gasteiger partial charge in [-0.3, -0.25) is 0 Å². The zero-order valence-corrected chi connectivity index (χ0v) is 10.3. The maximum absolute atomic E-state index is 10.6. The van der Waals surface area contributed by atoms with Crippen LogP contribution in [0.1, 0.15) is 55.3 Å². The molecule has 0 fully saturated rings. The summed E-state index contributed by atoms with van der Waals surface area (Å²) < 4.78 is 10.5. The molecule has 1 aromatic rings. The van der Waals surface area contributed by atoms with Crippen molar-refractivity contribution in [3.63, 3.8) is 0 Å². The molecule has 17 heavy (non-hydrogen) atoms. The molecule has 0 bridgehead atoms. The monoisotopic (exact) mass is 240 g/mol. The highest BCUT2D eigenvalue weighted by Gasteiger charge is 2.08. The van der Waals surface area contributed by atoms with Gasteiger partial charge in [-0.2, -0.15) is 0 Å². The van der Waals surface area contributed by atoms with Crippen LogP contribution in [0.2, 0.25) is 0 Å². The highest BCUT2D eigenvalue weighted by atomic mass is 16.5. The van der Waals surface area contributed by atoms with E-state index in [1.54, 1.807) is 6.07 Å². The Labute approximate surface area is 102 Å². The molecule has 0 aliphatic heterocycles. The van der Waals surface area contributed by atoms with Gasteiger partial charge in [0.2, 0.25) is 5.76 Å². The van der Waals surface area contributed by atoms with Crippen molar-refractivity contribution in [3.8, 4) is 0 Å². The largest absolute Gasteiger partial charge is 0.475 e. The molecule has 0 aliphatic rings. The molecule has 0 saturated carbocycles. The Kier molecular flexibility index (Phi) is 6.40. The first-order valence-corrected chi connectivity index (χ1v) is 6.13. The first-order valence-electron chi connectivity index (χ1n) is 6.13. The van der Waals surface area contributed by atoms with E-state index in [1.165, 1.54) is 31.7 Å². The van der Waals surface area contributed by atoms with Crippen LogP contribution in [0.25, 0.3) is 0 Å². The SMILES string of the molecule is CCCCCCCOCc1ccc(C(=O)O)o1. The van der Waals surface area contributed by atoms with Crippen molar-refractivity contribution in [1.82, 2.24) is 0 Å². The fourth-order valence-corrected chi connectivity index (χ4v) is 1.55. The summed E-state index contributed by atoms with van der Waals surface area (Å²) in [5.74, 6) is -0.515. The maximum atomic E-state index is 10.6. The van der Waals surface area contributed by atoms with E-state index in [0.717, 1.165) is 6.42 Å². The van der Waals surface area contributed by atoms with Crippen LogP contribution in [0.3, 0.4) is 0 Å². The van der Waals surface area contributed by atoms with Crippen LogP contribution in [0, 0.1) is 0 Å². The van der Waals surface area contributed by atoms with Crippen LogP contribution in [-0.4, -0.2) is 17.7 Å². The number of ether oxygens (including phenoxy) is 1. The predicted molar refractivity (Wildman–Crippen MR) is 64.1 cm³/mol. The summed E-state index contributed by atoms with van der Waals surface area (Å²) >= 11 is 0. The molecule has 0 saturated heterocycles. The van der Waals surface area contributed by atoms with Gasteiger partial charge in [0.1, 0.15) is 12.4 Å². The van der Waals surface area contributed by atoms with Crippen LogP contribution in [0.15, 0.2) is 16.5 Å². The summed E-state index contributed by atoms with van der Waals surface area (Å²) in [5, 5.41) is 8.66. The van der Waals surface area contributed by atoms with Crippen LogP contribution < -0.4 is 0 Å². The molecule has 0 radical (unpaired) electrons. The zero-order chi connectivity index (χ0) is 12.5. The number of carboxylic acid groups (broad SMARTS) is 1. The van der Waals surface area contributed by atoms with Crippen molar-refractivity contribution in [2.24, 2.45) is 0 Å². The summed E-state index contributed by atoms with van der Waals surface area (Å²) in [6.07, 6.45) is 6.01. The lowest BCUT2D eigenvalue weighted by Gasteiger charge is -2.01. The van der Waals surface area contributed by atoms with Crippen LogP contribution in [-0.2, 0) is 11.3 Å². The lowest BCUT2D eigenvalue weighted by atomic mass is 10.2. The van der Waals surface area contributed by atoms with E-state index in [0.29, 0.717) is 19.0 Å². The Morgan fingerprint density at radius 2 is 2.06 bits per heavy atom. The van der Waals surface area contributed by atoms with Gasteiger partial charge >= 0.3 is 5.97 Å². The molecule has 1 heterocycles. The van der Waals surface area contributed by atoms with Crippen molar-refractivity contribution < 1.29 is 19.1 Å². The second-order valence-electron chi connectivity index (χ2n) is 4.04. The third-order valence-electron chi connectivity index (χ3n) is 2.51. The van der Waals surface area contributed by atoms with E-state index < -0.39 is 5.97 Å². The Bertz CT molecular complexity index is 330. The quantitative estimate of drug-likeness (QED) is 0.671. The molecule has 1 rings (SSSR count). The van der Waals surface area contributed by atoms with Crippen molar-refractivity contribution in [2.75, 3.05) is 6.61 Å². The van der Waals surface area contributed by atoms with Crippen molar-refractivity contribution in [3.05, 3.63) is 23.7 Å². The average Bonchev–Trinajstić information content (AvgIpc) is 2.77. The Morgan fingerprint density at radius 3 is 2.71 bits per heavy atom. The minimum atomic E-state index is -1.05. The van der Waals surface area contributed by atoms with Gasteiger partial charge in [0.15, 0.2) is 0 Å². The number of carbonyl (C=O) groups is 1. The molecule has 1 N–H and O–H groups in total. The molecule has 0 unspecified atom stereocenters. The molecule has 0 amide bonds. The number of unbranched alkanes of at least 4 members (excludes halogenated alkanes) is 4. The summed E-state index contributed by atoms with van der Waals surface area (Å²) in [6, 6.07) is 3.09. The highest BCUT2D eigenvalue weighted by Crippen LogP contribution is 2.09. The molecular weight excluding hydrogens is 220 g/mol. The van der Waals surface area contributed by atoms with Gasteiger partial charge in [-0.15, -0.1) is 0 Å². The molecule has 96 valence electrons. The molecule has 1 aromatic heterocycles. The van der Waals surface area contributed by atoms with E-state index in [-0.39, 0.29) is 5.76 Å². The van der Waals surface area contributed by atoms with Crippen LogP contribution in [0.4, 0.5) is 0 Å². The third-order valence-corrected chi connectivity index (χ3v) is 2.51. The number of furan rings is 1. The Hall–Kier alpha value is -1.29. The second kappa shape index (κ2) is 7.90. The minimum absolute atomic E-state index is 0.0356. The van der Waals surface area contributed by atoms with Gasteiger partial charge in [-0.05, 0) is 18.6 Å². The first kappa shape index (κ1) is 13.8. The Balaban J connectivity index is 2.07. The molecule has 0 spiro atoms. The van der Waals surface area contributed by atoms with Crippen molar-refractivity contribution in [2.45, 2.75) is 45.6 Å². The fourth-order valence-electron chi connectivity index (χ4n) is 1.55. The minimum Gasteiger partial charge on any atom is -0.475 e. The van der Waals surface area contributed by atoms with Gasteiger partial charge in [-0.1, -0.05) is 32.6 Å². The smallest absolute Gasteiger partial charge is 0.371 e. The zero-order valence-electron chi connectivity index (χ0n) is 10.3. The van der Waals surface area contributed by atoms with Crippen molar-refractivity contribution in [1.29, 1.82) is 0 Å². The first-order chi connectivity index (χ1) is 8.24. The summed E-state index contributed by atoms with van der Waals surface area (Å²) in [7, 11) is 0. The topological polar surface area (TPSA) is 59.7 Å². The second-order valence-corrected chi connectivity index (χ2v) is 4.04. The van der Waals surface area contributed by atoms with Gasteiger partial charge in [0, 0.05) is 6.61 Å². The Morgan fingerprint density at radius 1 is 1.29 bits per heavy atom. The van der Waals surface area contributed by atoms with E-state index >= 15 is 0 Å². The van der Waals surface area contributed by atoms with E-state index in [9.17, 15) is 4.79 Å². The molecule has 0 atom stereocenters. The average molecular weight is 240 g/mol. The lowest BCUT2D eigenvalue weighted by molar-refractivity contribution is 0.0646. The summed E-state index contributed by atoms with van der Waals surface area (Å²) in [5.41, 5.74) is 0. The molecular formula is C13H20O4. The molecule has 0 aliphatic carbocycles. The standard InChI is InChI=1S/C13H20O4/c1-2-3-4-5-6-9-16-10-11-7-8-12(17-11)13(14)15/h7-8H,2-6,9-10H2,1H3,(H,14,15). The number of rotatable bonds is 9. The van der Waals surface area contributed by atoms with Crippen molar-refractivity contribution >= 4 is 5.97 Å². The van der Waals surface area contributed by atoms with Gasteiger partial charge < -0.3 is 14.3 Å². The fraction of sp³-hybridized carbons (Fsp3) is 0.615. The maximum Gasteiger partial charge on any atom is 0.371 e. The molecule has 0 aromatic carbocycles. The highest BCUT2D eigenvalue weighted by molar-refractivity contribution is 5.84. The third kappa shape index (κ3) is 5.54. The number of hydrogen-bond acceptors (Lipinski definition) is 3. The van der Waals surface area contributed by atoms with Crippen LogP contribution in [0.5, 0.6) is 0 Å². The number of hydrogen-bond donors (Lipinski definition) is 1. The lowest BCUT2D eigenvalue weighted by Crippen LogP contribution is -1.95. The normalized spacial score (nSPS) is 10.6. The summed E-state index contributed by atoms with van der Waals surface area (Å²) in [4.78, 5) is 10.6. The van der Waals surface area contributed by atoms with Crippen LogP contribution >= 0.6 is 0 Å². The van der Waals surface area contributed by atoms with Gasteiger partial charge in [0.05, 0.1) is 0 Å². The summed E-state index contributed by atoms with van der Waals surface area (Å²) in [6.45, 7) is 3.24. The number of carboxylic acids is 1. The van der Waals surface area contributed by atoms with E-state index in [4.69, 9.17) is 14.3 Å². The van der Waals surface area contributed by atoms with Gasteiger partial charge in [0.25, 0.3) is 0 Å².